The highest BCUT2D eigenvalue weighted by Gasteiger charge is 2.29. The summed E-state index contributed by atoms with van der Waals surface area (Å²) < 4.78 is 0. The van der Waals surface area contributed by atoms with Gasteiger partial charge in [0.2, 0.25) is 0 Å². The summed E-state index contributed by atoms with van der Waals surface area (Å²) in [6, 6.07) is 3.74. The van der Waals surface area contributed by atoms with Crippen molar-refractivity contribution in [3.63, 3.8) is 0 Å². The van der Waals surface area contributed by atoms with Crippen LogP contribution in [0, 0.1) is 6.92 Å². The SMILES string of the molecule is CCC1CCCCN1C(=O)C(=O)Nc1ccc(C)cn1. The summed E-state index contributed by atoms with van der Waals surface area (Å²) >= 11 is 0. The van der Waals surface area contributed by atoms with Crippen LogP contribution in [0.3, 0.4) is 0 Å². The van der Waals surface area contributed by atoms with Crippen molar-refractivity contribution in [2.45, 2.75) is 45.6 Å². The molecule has 5 nitrogen and oxygen atoms in total. The second-order valence-electron chi connectivity index (χ2n) is 5.23. The topological polar surface area (TPSA) is 62.3 Å². The number of aromatic nitrogens is 1. The van der Waals surface area contributed by atoms with Crippen LogP contribution in [0.2, 0.25) is 0 Å². The molecule has 2 rings (SSSR count). The number of anilines is 1. The first kappa shape index (κ1) is 14.5. The van der Waals surface area contributed by atoms with E-state index in [1.165, 1.54) is 0 Å². The highest BCUT2D eigenvalue weighted by atomic mass is 16.2. The number of carbonyl (C=O) groups is 2. The molecule has 20 heavy (non-hydrogen) atoms. The van der Waals surface area contributed by atoms with Gasteiger partial charge in [-0.3, -0.25) is 9.59 Å². The standard InChI is InChI=1S/C15H21N3O2/c1-3-12-6-4-5-9-18(12)15(20)14(19)17-13-8-7-11(2)10-16-13/h7-8,10,12H,3-6,9H2,1-2H3,(H,16,17,19). The van der Waals surface area contributed by atoms with Gasteiger partial charge in [0.1, 0.15) is 5.82 Å². The zero-order valence-electron chi connectivity index (χ0n) is 12.1. The normalized spacial score (nSPS) is 18.7. The molecule has 0 saturated carbocycles. The number of piperidine rings is 1. The summed E-state index contributed by atoms with van der Waals surface area (Å²) in [6.45, 7) is 4.64. The monoisotopic (exact) mass is 275 g/mol. The number of amides is 2. The van der Waals surface area contributed by atoms with Crippen LogP contribution < -0.4 is 5.32 Å². The van der Waals surface area contributed by atoms with Gasteiger partial charge < -0.3 is 10.2 Å². The summed E-state index contributed by atoms with van der Waals surface area (Å²) in [5.74, 6) is -0.625. The van der Waals surface area contributed by atoms with Gasteiger partial charge in [-0.05, 0) is 44.2 Å². The summed E-state index contributed by atoms with van der Waals surface area (Å²) in [4.78, 5) is 30.0. The van der Waals surface area contributed by atoms with Gasteiger partial charge in [-0.1, -0.05) is 13.0 Å². The zero-order valence-corrected chi connectivity index (χ0v) is 12.1. The molecule has 1 atom stereocenters. The predicted octanol–water partition coefficient (Wildman–Crippen LogP) is 2.12. The maximum absolute atomic E-state index is 12.2. The van der Waals surface area contributed by atoms with Crippen molar-refractivity contribution in [2.75, 3.05) is 11.9 Å². The minimum Gasteiger partial charge on any atom is -0.331 e. The molecule has 1 aliphatic rings. The van der Waals surface area contributed by atoms with Gasteiger partial charge in [0, 0.05) is 18.8 Å². The summed E-state index contributed by atoms with van der Waals surface area (Å²) in [5, 5.41) is 2.57. The largest absolute Gasteiger partial charge is 0.331 e. The lowest BCUT2D eigenvalue weighted by Gasteiger charge is -2.34. The van der Waals surface area contributed by atoms with Gasteiger partial charge in [-0.15, -0.1) is 0 Å². The van der Waals surface area contributed by atoms with E-state index in [0.29, 0.717) is 12.4 Å². The number of rotatable bonds is 2. The van der Waals surface area contributed by atoms with Crippen molar-refractivity contribution in [1.82, 2.24) is 9.88 Å². The fraction of sp³-hybridized carbons (Fsp3) is 0.533. The van der Waals surface area contributed by atoms with Crippen LogP contribution >= 0.6 is 0 Å². The molecule has 1 unspecified atom stereocenters. The Hall–Kier alpha value is -1.91. The van der Waals surface area contributed by atoms with Crippen molar-refractivity contribution in [2.24, 2.45) is 0 Å². The maximum atomic E-state index is 12.2. The minimum absolute atomic E-state index is 0.188. The van der Waals surface area contributed by atoms with E-state index in [-0.39, 0.29) is 6.04 Å². The van der Waals surface area contributed by atoms with Crippen molar-refractivity contribution in [3.8, 4) is 0 Å². The molecule has 2 amide bonds. The quantitative estimate of drug-likeness (QED) is 0.841. The Morgan fingerprint density at radius 2 is 2.20 bits per heavy atom. The second-order valence-corrected chi connectivity index (χ2v) is 5.23. The van der Waals surface area contributed by atoms with Crippen LogP contribution in [0.5, 0.6) is 0 Å². The molecule has 1 aromatic heterocycles. The first-order valence-corrected chi connectivity index (χ1v) is 7.16. The summed E-state index contributed by atoms with van der Waals surface area (Å²) in [6.07, 6.45) is 5.64. The lowest BCUT2D eigenvalue weighted by Crippen LogP contribution is -2.48. The first-order chi connectivity index (χ1) is 9.61. The van der Waals surface area contributed by atoms with E-state index in [2.05, 4.69) is 17.2 Å². The molecule has 2 heterocycles. The summed E-state index contributed by atoms with van der Waals surface area (Å²) in [7, 11) is 0. The molecule has 0 aromatic carbocycles. The molecular weight excluding hydrogens is 254 g/mol. The Morgan fingerprint density at radius 1 is 1.40 bits per heavy atom. The van der Waals surface area contributed by atoms with Crippen molar-refractivity contribution in [1.29, 1.82) is 0 Å². The smallest absolute Gasteiger partial charge is 0.315 e. The van der Waals surface area contributed by atoms with Gasteiger partial charge in [0.15, 0.2) is 0 Å². The molecule has 5 heteroatoms. The lowest BCUT2D eigenvalue weighted by molar-refractivity contribution is -0.145. The third-order valence-electron chi connectivity index (χ3n) is 3.71. The van der Waals surface area contributed by atoms with E-state index in [1.54, 1.807) is 17.2 Å². The molecule has 1 aromatic rings. The van der Waals surface area contributed by atoms with E-state index in [0.717, 1.165) is 31.2 Å². The van der Waals surface area contributed by atoms with Crippen LogP contribution in [0.4, 0.5) is 5.82 Å². The maximum Gasteiger partial charge on any atom is 0.315 e. The van der Waals surface area contributed by atoms with E-state index in [9.17, 15) is 9.59 Å². The number of carbonyl (C=O) groups excluding carboxylic acids is 2. The molecule has 0 bridgehead atoms. The molecular formula is C15H21N3O2. The van der Waals surface area contributed by atoms with E-state index in [4.69, 9.17) is 0 Å². The highest BCUT2D eigenvalue weighted by Crippen LogP contribution is 2.19. The Morgan fingerprint density at radius 3 is 2.85 bits per heavy atom. The fourth-order valence-electron chi connectivity index (χ4n) is 2.53. The van der Waals surface area contributed by atoms with E-state index in [1.807, 2.05) is 13.0 Å². The molecule has 1 saturated heterocycles. The zero-order chi connectivity index (χ0) is 14.5. The van der Waals surface area contributed by atoms with Crippen molar-refractivity contribution in [3.05, 3.63) is 23.9 Å². The molecule has 1 fully saturated rings. The Kier molecular flexibility index (Phi) is 4.71. The van der Waals surface area contributed by atoms with Crippen molar-refractivity contribution < 1.29 is 9.59 Å². The molecule has 1 N–H and O–H groups in total. The van der Waals surface area contributed by atoms with Crippen LogP contribution in [0.25, 0.3) is 0 Å². The number of pyridine rings is 1. The second kappa shape index (κ2) is 6.50. The number of hydrogen-bond donors (Lipinski definition) is 1. The van der Waals surface area contributed by atoms with Crippen LogP contribution in [-0.4, -0.2) is 34.3 Å². The molecule has 1 aliphatic heterocycles. The summed E-state index contributed by atoms with van der Waals surface area (Å²) in [5.41, 5.74) is 1.01. The number of likely N-dealkylation sites (tertiary alicyclic amines) is 1. The molecule has 0 spiro atoms. The Labute approximate surface area is 119 Å². The Balaban J connectivity index is 2.00. The number of hydrogen-bond acceptors (Lipinski definition) is 3. The molecule has 0 aliphatic carbocycles. The average Bonchev–Trinajstić information content (AvgIpc) is 2.48. The molecule has 108 valence electrons. The number of aryl methyl sites for hydroxylation is 1. The van der Waals surface area contributed by atoms with Crippen molar-refractivity contribution >= 4 is 17.6 Å². The van der Waals surface area contributed by atoms with Gasteiger partial charge in [0.25, 0.3) is 0 Å². The predicted molar refractivity (Wildman–Crippen MR) is 77.2 cm³/mol. The number of nitrogens with one attached hydrogen (secondary N) is 1. The third kappa shape index (κ3) is 3.35. The lowest BCUT2D eigenvalue weighted by atomic mass is 10.00. The van der Waals surface area contributed by atoms with Crippen LogP contribution in [0.15, 0.2) is 18.3 Å². The van der Waals surface area contributed by atoms with Gasteiger partial charge >= 0.3 is 11.8 Å². The first-order valence-electron chi connectivity index (χ1n) is 7.16. The number of nitrogens with zero attached hydrogens (tertiary/aromatic N) is 2. The third-order valence-corrected chi connectivity index (χ3v) is 3.71. The Bertz CT molecular complexity index is 484. The van der Waals surface area contributed by atoms with Gasteiger partial charge in [0.05, 0.1) is 0 Å². The average molecular weight is 275 g/mol. The van der Waals surface area contributed by atoms with E-state index < -0.39 is 11.8 Å². The van der Waals surface area contributed by atoms with Gasteiger partial charge in [-0.25, -0.2) is 4.98 Å². The van der Waals surface area contributed by atoms with Crippen LogP contribution in [-0.2, 0) is 9.59 Å². The molecule has 0 radical (unpaired) electrons. The van der Waals surface area contributed by atoms with E-state index >= 15 is 0 Å². The highest BCUT2D eigenvalue weighted by molar-refractivity contribution is 6.39. The van der Waals surface area contributed by atoms with Gasteiger partial charge in [-0.2, -0.15) is 0 Å². The van der Waals surface area contributed by atoms with Crippen LogP contribution in [0.1, 0.15) is 38.2 Å². The minimum atomic E-state index is -0.596. The fourth-order valence-corrected chi connectivity index (χ4v) is 2.53.